The third kappa shape index (κ3) is 2.73. The highest BCUT2D eigenvalue weighted by Gasteiger charge is 2.31. The normalized spacial score (nSPS) is 21.9. The van der Waals surface area contributed by atoms with E-state index in [1.165, 1.54) is 0 Å². The highest BCUT2D eigenvalue weighted by atomic mass is 16.5. The first-order valence-corrected chi connectivity index (χ1v) is 7.49. The molecule has 2 atom stereocenters. The lowest BCUT2D eigenvalue weighted by Gasteiger charge is -2.28. The number of nitrogens with one attached hydrogen (secondary N) is 1. The van der Waals surface area contributed by atoms with Crippen LogP contribution in [0.5, 0.6) is 0 Å². The van der Waals surface area contributed by atoms with Gasteiger partial charge in [-0.1, -0.05) is 6.92 Å². The van der Waals surface area contributed by atoms with Crippen LogP contribution in [-0.4, -0.2) is 39.7 Å². The summed E-state index contributed by atoms with van der Waals surface area (Å²) in [5.74, 6) is 0.0284. The van der Waals surface area contributed by atoms with Gasteiger partial charge in [0.2, 0.25) is 0 Å². The van der Waals surface area contributed by atoms with Crippen LogP contribution in [0.15, 0.2) is 0 Å². The van der Waals surface area contributed by atoms with E-state index in [9.17, 15) is 4.79 Å². The van der Waals surface area contributed by atoms with E-state index in [0.29, 0.717) is 5.69 Å². The summed E-state index contributed by atoms with van der Waals surface area (Å²) in [5, 5.41) is 7.26. The lowest BCUT2D eigenvalue weighted by Crippen LogP contribution is -2.38. The van der Waals surface area contributed by atoms with Crippen molar-refractivity contribution in [2.45, 2.75) is 65.7 Å². The molecular formula is C15H25N3O2. The fraction of sp³-hybridized carbons (Fsp3) is 0.733. The van der Waals surface area contributed by atoms with E-state index in [2.05, 4.69) is 17.1 Å². The standard InChI is InChI=1S/C15H25N3O2/c1-6-7-18(9(2)3)15(19)14-12-8-10(4)20-11(5)13(12)16-17-14/h9-11H,6-8H2,1-5H3,(H,16,17)/t10-,11+/m0/s1. The molecule has 112 valence electrons. The molecule has 1 aromatic heterocycles. The summed E-state index contributed by atoms with van der Waals surface area (Å²) in [7, 11) is 0. The van der Waals surface area contributed by atoms with Crippen molar-refractivity contribution in [2.75, 3.05) is 6.54 Å². The van der Waals surface area contributed by atoms with Crippen molar-refractivity contribution in [1.29, 1.82) is 0 Å². The van der Waals surface area contributed by atoms with Gasteiger partial charge in [0, 0.05) is 24.6 Å². The van der Waals surface area contributed by atoms with Crippen LogP contribution in [0.25, 0.3) is 0 Å². The van der Waals surface area contributed by atoms with Crippen molar-refractivity contribution in [2.24, 2.45) is 0 Å². The van der Waals surface area contributed by atoms with Gasteiger partial charge in [0.05, 0.1) is 17.9 Å². The number of carbonyl (C=O) groups is 1. The number of hydrogen-bond donors (Lipinski definition) is 1. The molecule has 5 heteroatoms. The fourth-order valence-electron chi connectivity index (χ4n) is 2.82. The molecule has 0 saturated carbocycles. The van der Waals surface area contributed by atoms with E-state index in [0.717, 1.165) is 30.6 Å². The van der Waals surface area contributed by atoms with Crippen LogP contribution in [0.4, 0.5) is 0 Å². The molecular weight excluding hydrogens is 254 g/mol. The van der Waals surface area contributed by atoms with Gasteiger partial charge in [-0.2, -0.15) is 5.10 Å². The maximum Gasteiger partial charge on any atom is 0.274 e. The summed E-state index contributed by atoms with van der Waals surface area (Å²) in [4.78, 5) is 14.6. The number of fused-ring (bicyclic) bond motifs is 1. The average molecular weight is 279 g/mol. The van der Waals surface area contributed by atoms with E-state index in [1.54, 1.807) is 0 Å². The Kier molecular flexibility index (Phi) is 4.48. The molecule has 0 spiro atoms. The molecule has 0 fully saturated rings. The third-order valence-corrected chi connectivity index (χ3v) is 3.78. The van der Waals surface area contributed by atoms with Gasteiger partial charge in [0.15, 0.2) is 5.69 Å². The van der Waals surface area contributed by atoms with Gasteiger partial charge >= 0.3 is 0 Å². The molecule has 2 heterocycles. The van der Waals surface area contributed by atoms with Crippen molar-refractivity contribution < 1.29 is 9.53 Å². The molecule has 0 unspecified atom stereocenters. The van der Waals surface area contributed by atoms with Crippen molar-refractivity contribution in [3.05, 3.63) is 17.0 Å². The number of amides is 1. The van der Waals surface area contributed by atoms with E-state index >= 15 is 0 Å². The summed E-state index contributed by atoms with van der Waals surface area (Å²) in [6.07, 6.45) is 1.80. The molecule has 1 aromatic rings. The number of H-pyrrole nitrogens is 1. The molecule has 1 aliphatic rings. The zero-order valence-electron chi connectivity index (χ0n) is 13.1. The molecule has 0 aromatic carbocycles. The second-order valence-corrected chi connectivity index (χ2v) is 5.85. The van der Waals surface area contributed by atoms with Gasteiger partial charge in [-0.25, -0.2) is 0 Å². The predicted molar refractivity (Wildman–Crippen MR) is 77.7 cm³/mol. The Morgan fingerprint density at radius 3 is 2.80 bits per heavy atom. The van der Waals surface area contributed by atoms with E-state index in [4.69, 9.17) is 4.74 Å². The van der Waals surface area contributed by atoms with Crippen LogP contribution in [-0.2, 0) is 11.2 Å². The number of carbonyl (C=O) groups excluding carboxylic acids is 1. The van der Waals surface area contributed by atoms with Gasteiger partial charge in [-0.3, -0.25) is 9.89 Å². The monoisotopic (exact) mass is 279 g/mol. The summed E-state index contributed by atoms with van der Waals surface area (Å²) in [5.41, 5.74) is 2.55. The maximum atomic E-state index is 12.7. The number of rotatable bonds is 4. The molecule has 1 aliphatic heterocycles. The summed E-state index contributed by atoms with van der Waals surface area (Å²) < 4.78 is 5.76. The predicted octanol–water partition coefficient (Wildman–Crippen LogP) is 2.69. The highest BCUT2D eigenvalue weighted by molar-refractivity contribution is 5.94. The lowest BCUT2D eigenvalue weighted by atomic mass is 9.99. The largest absolute Gasteiger partial charge is 0.369 e. The first-order valence-electron chi connectivity index (χ1n) is 7.49. The molecule has 2 rings (SSSR count). The number of hydrogen-bond acceptors (Lipinski definition) is 3. The second kappa shape index (κ2) is 5.95. The zero-order chi connectivity index (χ0) is 14.9. The molecule has 20 heavy (non-hydrogen) atoms. The van der Waals surface area contributed by atoms with E-state index < -0.39 is 0 Å². The fourth-order valence-corrected chi connectivity index (χ4v) is 2.82. The Hall–Kier alpha value is -1.36. The van der Waals surface area contributed by atoms with Crippen LogP contribution in [0.3, 0.4) is 0 Å². The van der Waals surface area contributed by atoms with Crippen LogP contribution < -0.4 is 0 Å². The van der Waals surface area contributed by atoms with Gasteiger partial charge in [-0.15, -0.1) is 0 Å². The number of nitrogens with zero attached hydrogens (tertiary/aromatic N) is 2. The minimum Gasteiger partial charge on any atom is -0.369 e. The minimum absolute atomic E-state index is 0.0264. The maximum absolute atomic E-state index is 12.7. The minimum atomic E-state index is -0.0264. The number of aromatic amines is 1. The molecule has 0 saturated heterocycles. The Morgan fingerprint density at radius 2 is 2.20 bits per heavy atom. The summed E-state index contributed by atoms with van der Waals surface area (Å²) in [6.45, 7) is 11.0. The quantitative estimate of drug-likeness (QED) is 0.922. The van der Waals surface area contributed by atoms with Crippen LogP contribution in [0.1, 0.15) is 68.9 Å². The molecule has 1 amide bonds. The highest BCUT2D eigenvalue weighted by Crippen LogP contribution is 2.30. The SMILES string of the molecule is CCCN(C(=O)c1n[nH]c2c1C[C@H](C)O[C@@H]2C)C(C)C. The lowest BCUT2D eigenvalue weighted by molar-refractivity contribution is -0.00703. The molecule has 0 bridgehead atoms. The molecule has 1 N–H and O–H groups in total. The Morgan fingerprint density at radius 1 is 1.50 bits per heavy atom. The average Bonchev–Trinajstić information content (AvgIpc) is 2.78. The summed E-state index contributed by atoms with van der Waals surface area (Å²) >= 11 is 0. The zero-order valence-corrected chi connectivity index (χ0v) is 13.1. The van der Waals surface area contributed by atoms with Gasteiger partial charge < -0.3 is 9.64 Å². The van der Waals surface area contributed by atoms with Gasteiger partial charge in [0.25, 0.3) is 5.91 Å². The van der Waals surface area contributed by atoms with E-state index in [-0.39, 0.29) is 24.2 Å². The Balaban J connectivity index is 2.31. The first-order chi connectivity index (χ1) is 9.45. The first kappa shape index (κ1) is 15.0. The Labute approximate surface area is 120 Å². The van der Waals surface area contributed by atoms with Crippen molar-refractivity contribution in [3.63, 3.8) is 0 Å². The molecule has 0 aliphatic carbocycles. The second-order valence-electron chi connectivity index (χ2n) is 5.85. The smallest absolute Gasteiger partial charge is 0.274 e. The van der Waals surface area contributed by atoms with Crippen molar-refractivity contribution in [1.82, 2.24) is 15.1 Å². The third-order valence-electron chi connectivity index (χ3n) is 3.78. The molecule has 5 nitrogen and oxygen atoms in total. The topological polar surface area (TPSA) is 58.2 Å². The van der Waals surface area contributed by atoms with Crippen LogP contribution in [0, 0.1) is 0 Å². The number of ether oxygens (including phenoxy) is 1. The summed E-state index contributed by atoms with van der Waals surface area (Å²) in [6, 6.07) is 0.185. The van der Waals surface area contributed by atoms with Crippen LogP contribution >= 0.6 is 0 Å². The van der Waals surface area contributed by atoms with Crippen LogP contribution in [0.2, 0.25) is 0 Å². The van der Waals surface area contributed by atoms with Gasteiger partial charge in [-0.05, 0) is 34.1 Å². The van der Waals surface area contributed by atoms with Crippen molar-refractivity contribution >= 4 is 5.91 Å². The molecule has 0 radical (unpaired) electrons. The van der Waals surface area contributed by atoms with Crippen molar-refractivity contribution in [3.8, 4) is 0 Å². The number of aromatic nitrogens is 2. The van der Waals surface area contributed by atoms with E-state index in [1.807, 2.05) is 32.6 Å². The Bertz CT molecular complexity index is 481. The van der Waals surface area contributed by atoms with Gasteiger partial charge in [0.1, 0.15) is 0 Å².